The lowest BCUT2D eigenvalue weighted by Gasteiger charge is -2.37. The smallest absolute Gasteiger partial charge is 0.336 e. The lowest BCUT2D eigenvalue weighted by atomic mass is 9.71. The highest BCUT2D eigenvalue weighted by Crippen LogP contribution is 2.48. The molecule has 2 aliphatic rings. The van der Waals surface area contributed by atoms with Crippen molar-refractivity contribution in [2.75, 3.05) is 27.9 Å². The number of para-hydroxylation sites is 1. The lowest BCUT2D eigenvalue weighted by molar-refractivity contribution is -0.139. The summed E-state index contributed by atoms with van der Waals surface area (Å²) in [5.41, 5.74) is 4.36. The first-order chi connectivity index (χ1) is 17.9. The number of rotatable bonds is 9. The summed E-state index contributed by atoms with van der Waals surface area (Å²) >= 11 is 0. The Kier molecular flexibility index (Phi) is 8.21. The van der Waals surface area contributed by atoms with Gasteiger partial charge in [-0.2, -0.15) is 0 Å². The SMILES string of the molecule is CCCCOC(=O)C1=C(C)NC2=C(C(=O)C[C@@H](c3ccc(OC)c(OC)c3)C2)[C@H]1c1ccccc1OC. The van der Waals surface area contributed by atoms with Crippen LogP contribution < -0.4 is 19.5 Å². The van der Waals surface area contributed by atoms with Crippen LogP contribution in [0.2, 0.25) is 0 Å². The number of ether oxygens (including phenoxy) is 4. The fraction of sp³-hybridized carbons (Fsp3) is 0.400. The first kappa shape index (κ1) is 26.3. The highest BCUT2D eigenvalue weighted by atomic mass is 16.5. The second kappa shape index (κ2) is 11.5. The van der Waals surface area contributed by atoms with Crippen LogP contribution in [0, 0.1) is 0 Å². The molecule has 4 rings (SSSR count). The van der Waals surface area contributed by atoms with Crippen molar-refractivity contribution in [3.63, 3.8) is 0 Å². The number of unbranched alkanes of at least 4 members (excludes halogenated alkanes) is 1. The summed E-state index contributed by atoms with van der Waals surface area (Å²) in [6.45, 7) is 4.25. The molecule has 1 N–H and O–H groups in total. The Balaban J connectivity index is 1.77. The van der Waals surface area contributed by atoms with Crippen LogP contribution in [0.4, 0.5) is 0 Å². The standard InChI is InChI=1S/C30H35NO6/c1-6-7-14-37-30(33)27-18(2)31-22-15-20(19-12-13-25(35-4)26(17-19)36-5)16-23(32)29(22)28(27)21-10-8-9-11-24(21)34-3/h8-13,17,20,28,31H,6-7,14-16H2,1-5H3/t20-,28-/m0/s1. The predicted molar refractivity (Wildman–Crippen MR) is 141 cm³/mol. The number of methoxy groups -OCH3 is 3. The van der Waals surface area contributed by atoms with Crippen LogP contribution in [0.1, 0.15) is 62.5 Å². The van der Waals surface area contributed by atoms with Crippen molar-refractivity contribution in [2.45, 2.75) is 51.4 Å². The zero-order valence-electron chi connectivity index (χ0n) is 22.2. The first-order valence-electron chi connectivity index (χ1n) is 12.7. The number of Topliss-reactive ketones (excluding diaryl/α,β-unsaturated/α-hetero) is 1. The van der Waals surface area contributed by atoms with Crippen LogP contribution >= 0.6 is 0 Å². The van der Waals surface area contributed by atoms with Gasteiger partial charge < -0.3 is 24.3 Å². The third kappa shape index (κ3) is 5.22. The number of dihydropyridines is 1. The highest BCUT2D eigenvalue weighted by Gasteiger charge is 2.42. The Morgan fingerprint density at radius 3 is 2.41 bits per heavy atom. The van der Waals surface area contributed by atoms with Crippen molar-refractivity contribution in [3.05, 3.63) is 76.1 Å². The molecule has 2 atom stereocenters. The summed E-state index contributed by atoms with van der Waals surface area (Å²) in [5, 5.41) is 3.40. The maximum absolute atomic E-state index is 13.8. The van der Waals surface area contributed by atoms with E-state index in [2.05, 4.69) is 5.32 Å². The van der Waals surface area contributed by atoms with E-state index in [1.165, 1.54) is 0 Å². The van der Waals surface area contributed by atoms with Gasteiger partial charge in [-0.05, 0) is 49.4 Å². The van der Waals surface area contributed by atoms with Gasteiger partial charge in [0, 0.05) is 29.0 Å². The minimum absolute atomic E-state index is 0.00389. The molecule has 1 aliphatic carbocycles. The largest absolute Gasteiger partial charge is 0.496 e. The maximum Gasteiger partial charge on any atom is 0.336 e. The molecule has 0 aromatic heterocycles. The molecule has 0 spiro atoms. The average molecular weight is 506 g/mol. The first-order valence-corrected chi connectivity index (χ1v) is 12.7. The molecule has 37 heavy (non-hydrogen) atoms. The Hall–Kier alpha value is -3.74. The van der Waals surface area contributed by atoms with E-state index in [0.717, 1.165) is 29.7 Å². The third-order valence-electron chi connectivity index (χ3n) is 7.11. The molecular weight excluding hydrogens is 470 g/mol. The van der Waals surface area contributed by atoms with Crippen molar-refractivity contribution < 1.29 is 28.5 Å². The molecule has 2 aromatic carbocycles. The van der Waals surface area contributed by atoms with Crippen LogP contribution in [-0.4, -0.2) is 39.7 Å². The molecule has 7 nitrogen and oxygen atoms in total. The monoisotopic (exact) mass is 505 g/mol. The fourth-order valence-corrected chi connectivity index (χ4v) is 5.25. The van der Waals surface area contributed by atoms with Gasteiger partial charge in [-0.3, -0.25) is 4.79 Å². The molecule has 0 saturated carbocycles. The molecule has 7 heteroatoms. The van der Waals surface area contributed by atoms with Gasteiger partial charge in [0.05, 0.1) is 39.4 Å². The Morgan fingerprint density at radius 2 is 1.70 bits per heavy atom. The maximum atomic E-state index is 13.8. The number of esters is 1. The zero-order chi connectivity index (χ0) is 26.5. The lowest BCUT2D eigenvalue weighted by Crippen LogP contribution is -2.36. The van der Waals surface area contributed by atoms with Crippen molar-refractivity contribution in [1.82, 2.24) is 5.32 Å². The quantitative estimate of drug-likeness (QED) is 0.360. The predicted octanol–water partition coefficient (Wildman–Crippen LogP) is 5.42. The number of nitrogens with one attached hydrogen (secondary N) is 1. The van der Waals surface area contributed by atoms with Crippen LogP contribution in [0.5, 0.6) is 17.2 Å². The molecule has 0 amide bonds. The minimum atomic E-state index is -0.569. The zero-order valence-corrected chi connectivity index (χ0v) is 22.2. The summed E-state index contributed by atoms with van der Waals surface area (Å²) < 4.78 is 22.2. The van der Waals surface area contributed by atoms with Gasteiger partial charge in [-0.25, -0.2) is 4.79 Å². The van der Waals surface area contributed by atoms with Gasteiger partial charge in [0.1, 0.15) is 5.75 Å². The Labute approximate surface area is 218 Å². The second-order valence-corrected chi connectivity index (χ2v) is 9.36. The topological polar surface area (TPSA) is 83.1 Å². The molecule has 0 unspecified atom stereocenters. The summed E-state index contributed by atoms with van der Waals surface area (Å²) in [6, 6.07) is 13.3. The van der Waals surface area contributed by atoms with E-state index in [9.17, 15) is 9.59 Å². The van der Waals surface area contributed by atoms with Gasteiger partial charge in [0.25, 0.3) is 0 Å². The third-order valence-corrected chi connectivity index (χ3v) is 7.11. The summed E-state index contributed by atoms with van der Waals surface area (Å²) in [5.74, 6) is 0.881. The van der Waals surface area contributed by atoms with Gasteiger partial charge in [0.2, 0.25) is 0 Å². The number of carbonyl (C=O) groups excluding carboxylic acids is 2. The molecule has 0 fully saturated rings. The summed E-state index contributed by atoms with van der Waals surface area (Å²) in [7, 11) is 4.80. The molecule has 0 radical (unpaired) electrons. The van der Waals surface area contributed by atoms with Gasteiger partial charge in [-0.1, -0.05) is 37.6 Å². The van der Waals surface area contributed by atoms with Crippen molar-refractivity contribution >= 4 is 11.8 Å². The van der Waals surface area contributed by atoms with Gasteiger partial charge in [0.15, 0.2) is 17.3 Å². The van der Waals surface area contributed by atoms with E-state index >= 15 is 0 Å². The molecule has 0 bridgehead atoms. The number of benzene rings is 2. The van der Waals surface area contributed by atoms with Crippen molar-refractivity contribution in [1.29, 1.82) is 0 Å². The molecular formula is C30H35NO6. The van der Waals surface area contributed by atoms with Crippen molar-refractivity contribution in [3.8, 4) is 17.2 Å². The van der Waals surface area contributed by atoms with E-state index in [-0.39, 0.29) is 11.7 Å². The molecule has 2 aromatic rings. The van der Waals surface area contributed by atoms with Crippen LogP contribution in [0.15, 0.2) is 65.0 Å². The van der Waals surface area contributed by atoms with Crippen LogP contribution in [-0.2, 0) is 14.3 Å². The van der Waals surface area contributed by atoms with Crippen LogP contribution in [0.3, 0.4) is 0 Å². The van der Waals surface area contributed by atoms with E-state index in [1.807, 2.05) is 56.3 Å². The molecule has 196 valence electrons. The summed E-state index contributed by atoms with van der Waals surface area (Å²) in [6.07, 6.45) is 2.64. The van der Waals surface area contributed by atoms with Gasteiger partial charge >= 0.3 is 5.97 Å². The average Bonchev–Trinajstić information content (AvgIpc) is 2.91. The minimum Gasteiger partial charge on any atom is -0.496 e. The molecule has 0 saturated heterocycles. The number of carbonyl (C=O) groups is 2. The number of hydrogen-bond acceptors (Lipinski definition) is 7. The van der Waals surface area contributed by atoms with Crippen LogP contribution in [0.25, 0.3) is 0 Å². The van der Waals surface area contributed by atoms with E-state index in [0.29, 0.717) is 53.5 Å². The van der Waals surface area contributed by atoms with E-state index in [1.54, 1.807) is 21.3 Å². The van der Waals surface area contributed by atoms with E-state index < -0.39 is 11.9 Å². The molecule has 1 heterocycles. The highest BCUT2D eigenvalue weighted by molar-refractivity contribution is 6.04. The Morgan fingerprint density at radius 1 is 0.973 bits per heavy atom. The van der Waals surface area contributed by atoms with Gasteiger partial charge in [-0.15, -0.1) is 0 Å². The Bertz CT molecular complexity index is 1240. The van der Waals surface area contributed by atoms with Crippen molar-refractivity contribution in [2.24, 2.45) is 0 Å². The molecule has 1 aliphatic heterocycles. The summed E-state index contributed by atoms with van der Waals surface area (Å²) in [4.78, 5) is 27.2. The second-order valence-electron chi connectivity index (χ2n) is 9.36. The van der Waals surface area contributed by atoms with E-state index in [4.69, 9.17) is 18.9 Å². The number of ketones is 1. The normalized spacial score (nSPS) is 19.2. The fourth-order valence-electron chi connectivity index (χ4n) is 5.25. The number of hydrogen-bond donors (Lipinski definition) is 1. The number of allylic oxidation sites excluding steroid dienone is 3.